The summed E-state index contributed by atoms with van der Waals surface area (Å²) >= 11 is 0. The second kappa shape index (κ2) is 2.46. The third-order valence-corrected chi connectivity index (χ3v) is 1.49. The zero-order valence-electron chi connectivity index (χ0n) is 6.03. The Hall–Kier alpha value is -1.76. The minimum absolute atomic E-state index is 0.349. The van der Waals surface area contributed by atoms with Crippen molar-refractivity contribution in [3.8, 4) is 6.07 Å². The highest BCUT2D eigenvalue weighted by Crippen LogP contribution is 2.04. The van der Waals surface area contributed by atoms with Gasteiger partial charge >= 0.3 is 0 Å². The van der Waals surface area contributed by atoms with E-state index in [1.165, 1.54) is 10.6 Å². The maximum absolute atomic E-state index is 10.6. The maximum Gasteiger partial charge on any atom is 0.265 e. The van der Waals surface area contributed by atoms with E-state index in [0.29, 0.717) is 11.4 Å². The molecule has 1 heterocycles. The highest BCUT2D eigenvalue weighted by molar-refractivity contribution is 5.91. The predicted molar refractivity (Wildman–Crippen MR) is 38.6 cm³/mol. The molecule has 0 saturated heterocycles. The summed E-state index contributed by atoms with van der Waals surface area (Å²) in [4.78, 5) is 10.6. The lowest BCUT2D eigenvalue weighted by Crippen LogP contribution is -2.15. The van der Waals surface area contributed by atoms with Crippen molar-refractivity contribution in [1.82, 2.24) is 4.57 Å². The summed E-state index contributed by atoms with van der Waals surface area (Å²) in [6, 6.07) is 5.01. The van der Waals surface area contributed by atoms with E-state index in [2.05, 4.69) is 0 Å². The number of aromatic nitrogens is 1. The first-order chi connectivity index (χ1) is 5.16. The summed E-state index contributed by atoms with van der Waals surface area (Å²) in [5.41, 5.74) is 5.79. The first-order valence-corrected chi connectivity index (χ1v) is 3.02. The zero-order chi connectivity index (χ0) is 8.43. The van der Waals surface area contributed by atoms with E-state index in [-0.39, 0.29) is 0 Å². The van der Waals surface area contributed by atoms with Gasteiger partial charge < -0.3 is 10.3 Å². The molecule has 0 radical (unpaired) electrons. The fourth-order valence-electron chi connectivity index (χ4n) is 0.871. The van der Waals surface area contributed by atoms with Crippen LogP contribution < -0.4 is 5.73 Å². The number of hydrogen-bond acceptors (Lipinski definition) is 2. The lowest BCUT2D eigenvalue weighted by Gasteiger charge is -1.97. The summed E-state index contributed by atoms with van der Waals surface area (Å²) in [5, 5.41) is 8.49. The van der Waals surface area contributed by atoms with E-state index < -0.39 is 5.91 Å². The molecule has 1 amide bonds. The normalized spacial score (nSPS) is 9.09. The van der Waals surface area contributed by atoms with Crippen molar-refractivity contribution < 1.29 is 4.79 Å². The molecule has 1 aromatic heterocycles. The van der Waals surface area contributed by atoms with Gasteiger partial charge in [-0.3, -0.25) is 4.79 Å². The van der Waals surface area contributed by atoms with Crippen LogP contribution in [0.25, 0.3) is 0 Å². The van der Waals surface area contributed by atoms with Gasteiger partial charge in [0, 0.05) is 7.05 Å². The van der Waals surface area contributed by atoms with E-state index in [9.17, 15) is 4.79 Å². The molecular weight excluding hydrogens is 142 g/mol. The average molecular weight is 149 g/mol. The molecule has 4 nitrogen and oxygen atoms in total. The smallest absolute Gasteiger partial charge is 0.265 e. The van der Waals surface area contributed by atoms with Gasteiger partial charge in [0.15, 0.2) is 0 Å². The van der Waals surface area contributed by atoms with Crippen molar-refractivity contribution in [2.45, 2.75) is 0 Å². The van der Waals surface area contributed by atoms with Gasteiger partial charge in [0.05, 0.1) is 0 Å². The Balaban J connectivity index is 3.24. The first-order valence-electron chi connectivity index (χ1n) is 3.02. The Morgan fingerprint density at radius 2 is 2.36 bits per heavy atom. The van der Waals surface area contributed by atoms with E-state index in [4.69, 9.17) is 11.0 Å². The number of amides is 1. The Morgan fingerprint density at radius 3 is 2.64 bits per heavy atom. The van der Waals surface area contributed by atoms with Crippen molar-refractivity contribution >= 4 is 5.91 Å². The lowest BCUT2D eigenvalue weighted by atomic mass is 10.4. The molecule has 0 unspecified atom stereocenters. The van der Waals surface area contributed by atoms with Gasteiger partial charge in [0.1, 0.15) is 17.5 Å². The molecule has 2 N–H and O–H groups in total. The van der Waals surface area contributed by atoms with Crippen molar-refractivity contribution in [2.75, 3.05) is 0 Å². The molecule has 0 aliphatic rings. The molecule has 0 spiro atoms. The fraction of sp³-hybridized carbons (Fsp3) is 0.143. The Bertz CT molecular complexity index is 332. The lowest BCUT2D eigenvalue weighted by molar-refractivity contribution is 0.0992. The van der Waals surface area contributed by atoms with Crippen LogP contribution in [0.1, 0.15) is 16.2 Å². The van der Waals surface area contributed by atoms with Gasteiger partial charge in [-0.1, -0.05) is 0 Å². The van der Waals surface area contributed by atoms with Crippen LogP contribution in [0.4, 0.5) is 0 Å². The molecule has 11 heavy (non-hydrogen) atoms. The van der Waals surface area contributed by atoms with Crippen molar-refractivity contribution in [3.63, 3.8) is 0 Å². The van der Waals surface area contributed by atoms with Crippen LogP contribution in [-0.4, -0.2) is 10.5 Å². The van der Waals surface area contributed by atoms with Crippen molar-refractivity contribution in [1.29, 1.82) is 5.26 Å². The number of rotatable bonds is 1. The summed E-state index contributed by atoms with van der Waals surface area (Å²) in [6.45, 7) is 0. The van der Waals surface area contributed by atoms with Crippen molar-refractivity contribution in [3.05, 3.63) is 23.5 Å². The standard InChI is InChI=1S/C7H7N3O/c1-10-5(4-8)2-3-6(10)7(9)11/h2-3H,1H3,(H2,9,11). The summed E-state index contributed by atoms with van der Waals surface area (Å²) in [5.74, 6) is -0.519. The monoisotopic (exact) mass is 149 g/mol. The molecule has 0 bridgehead atoms. The number of primary amides is 1. The predicted octanol–water partition coefficient (Wildman–Crippen LogP) is -0.00432. The van der Waals surface area contributed by atoms with Gasteiger partial charge in [0.2, 0.25) is 0 Å². The Morgan fingerprint density at radius 1 is 1.73 bits per heavy atom. The number of nitrogens with zero attached hydrogens (tertiary/aromatic N) is 2. The number of nitrogens with two attached hydrogens (primary N) is 1. The Kier molecular flexibility index (Phi) is 1.65. The second-order valence-corrected chi connectivity index (χ2v) is 2.14. The molecule has 4 heteroatoms. The van der Waals surface area contributed by atoms with Gasteiger partial charge in [-0.15, -0.1) is 0 Å². The summed E-state index contributed by atoms with van der Waals surface area (Å²) < 4.78 is 1.46. The van der Waals surface area contributed by atoms with E-state index >= 15 is 0 Å². The third-order valence-electron chi connectivity index (χ3n) is 1.49. The van der Waals surface area contributed by atoms with Crippen LogP contribution in [0.5, 0.6) is 0 Å². The van der Waals surface area contributed by atoms with Crippen LogP contribution in [0.3, 0.4) is 0 Å². The highest BCUT2D eigenvalue weighted by Gasteiger charge is 2.07. The molecule has 56 valence electrons. The van der Waals surface area contributed by atoms with E-state index in [0.717, 1.165) is 0 Å². The quantitative estimate of drug-likeness (QED) is 0.610. The van der Waals surface area contributed by atoms with E-state index in [1.807, 2.05) is 6.07 Å². The van der Waals surface area contributed by atoms with E-state index in [1.54, 1.807) is 13.1 Å². The highest BCUT2D eigenvalue weighted by atomic mass is 16.1. The number of hydrogen-bond donors (Lipinski definition) is 1. The zero-order valence-corrected chi connectivity index (χ0v) is 6.03. The van der Waals surface area contributed by atoms with Gasteiger partial charge in [-0.25, -0.2) is 0 Å². The minimum Gasteiger partial charge on any atom is -0.364 e. The molecule has 1 aromatic rings. The van der Waals surface area contributed by atoms with Crippen LogP contribution >= 0.6 is 0 Å². The van der Waals surface area contributed by atoms with Crippen LogP contribution in [0.2, 0.25) is 0 Å². The molecule has 0 aromatic carbocycles. The van der Waals surface area contributed by atoms with Gasteiger partial charge in [-0.2, -0.15) is 5.26 Å². The van der Waals surface area contributed by atoms with Crippen molar-refractivity contribution in [2.24, 2.45) is 12.8 Å². The summed E-state index contributed by atoms with van der Waals surface area (Å²) in [6.07, 6.45) is 0. The second-order valence-electron chi connectivity index (χ2n) is 2.14. The fourth-order valence-corrected chi connectivity index (χ4v) is 0.871. The Labute approximate surface area is 63.8 Å². The maximum atomic E-state index is 10.6. The van der Waals surface area contributed by atoms with Crippen LogP contribution in [-0.2, 0) is 7.05 Å². The van der Waals surface area contributed by atoms with Crippen LogP contribution in [0.15, 0.2) is 12.1 Å². The molecule has 0 aliphatic carbocycles. The third kappa shape index (κ3) is 1.08. The number of carbonyl (C=O) groups excluding carboxylic acids is 1. The number of nitriles is 1. The largest absolute Gasteiger partial charge is 0.364 e. The molecular formula is C7H7N3O. The SMILES string of the molecule is Cn1c(C#N)ccc1C(N)=O. The van der Waals surface area contributed by atoms with Gasteiger partial charge in [0.25, 0.3) is 5.91 Å². The molecule has 0 aliphatic heterocycles. The molecule has 0 fully saturated rings. The molecule has 1 rings (SSSR count). The van der Waals surface area contributed by atoms with Gasteiger partial charge in [-0.05, 0) is 12.1 Å². The first kappa shape index (κ1) is 7.35. The average Bonchev–Trinajstić information content (AvgIpc) is 2.30. The molecule has 0 atom stereocenters. The van der Waals surface area contributed by atoms with Crippen LogP contribution in [0, 0.1) is 11.3 Å². The molecule has 0 saturated carbocycles. The number of carbonyl (C=O) groups is 1. The minimum atomic E-state index is -0.519. The topological polar surface area (TPSA) is 71.8 Å². The summed E-state index contributed by atoms with van der Waals surface area (Å²) in [7, 11) is 1.62.